The maximum atomic E-state index is 11.9. The van der Waals surface area contributed by atoms with Gasteiger partial charge in [0.05, 0.1) is 12.2 Å². The summed E-state index contributed by atoms with van der Waals surface area (Å²) in [6, 6.07) is 0. The van der Waals surface area contributed by atoms with Gasteiger partial charge in [0, 0.05) is 25.2 Å². The molecule has 0 saturated heterocycles. The first-order valence-electron chi connectivity index (χ1n) is 9.39. The predicted octanol–water partition coefficient (Wildman–Crippen LogP) is 3.25. The lowest BCUT2D eigenvalue weighted by Crippen LogP contribution is -2.20. The Labute approximate surface area is 150 Å². The molecule has 25 heavy (non-hydrogen) atoms. The molecule has 142 valence electrons. The maximum absolute atomic E-state index is 11.9. The Morgan fingerprint density at radius 2 is 1.80 bits per heavy atom. The molecule has 4 atom stereocenters. The van der Waals surface area contributed by atoms with E-state index in [0.717, 1.165) is 19.3 Å². The van der Waals surface area contributed by atoms with Crippen LogP contribution in [-0.4, -0.2) is 39.3 Å². The SMILES string of the molecule is CCCCCC(=O)/C=C/[C@@H]1[C@H](C/C=C\CCCC(=O)O)[C@H](O)C[C@H]1O. The molecule has 1 aliphatic carbocycles. The first kappa shape index (κ1) is 21.6. The van der Waals surface area contributed by atoms with Gasteiger partial charge in [0.1, 0.15) is 0 Å². The molecule has 5 heteroatoms. The third-order valence-electron chi connectivity index (χ3n) is 4.78. The Morgan fingerprint density at radius 1 is 1.04 bits per heavy atom. The van der Waals surface area contributed by atoms with Crippen molar-refractivity contribution in [3.63, 3.8) is 0 Å². The van der Waals surface area contributed by atoms with E-state index in [2.05, 4.69) is 6.92 Å². The Morgan fingerprint density at radius 3 is 2.48 bits per heavy atom. The van der Waals surface area contributed by atoms with E-state index in [1.54, 1.807) is 12.2 Å². The van der Waals surface area contributed by atoms with Crippen molar-refractivity contribution >= 4 is 11.8 Å². The predicted molar refractivity (Wildman–Crippen MR) is 97.1 cm³/mol. The molecule has 5 nitrogen and oxygen atoms in total. The van der Waals surface area contributed by atoms with Gasteiger partial charge in [0.2, 0.25) is 0 Å². The van der Waals surface area contributed by atoms with Crippen LogP contribution in [0.5, 0.6) is 0 Å². The Kier molecular flexibility index (Phi) is 10.3. The minimum atomic E-state index is -0.795. The summed E-state index contributed by atoms with van der Waals surface area (Å²) in [7, 11) is 0. The monoisotopic (exact) mass is 352 g/mol. The van der Waals surface area contributed by atoms with Gasteiger partial charge in [-0.2, -0.15) is 0 Å². The van der Waals surface area contributed by atoms with Crippen LogP contribution < -0.4 is 0 Å². The summed E-state index contributed by atoms with van der Waals surface area (Å²) in [5.41, 5.74) is 0. The van der Waals surface area contributed by atoms with Crippen LogP contribution in [0.2, 0.25) is 0 Å². The van der Waals surface area contributed by atoms with Gasteiger partial charge < -0.3 is 15.3 Å². The molecule has 1 saturated carbocycles. The highest BCUT2D eigenvalue weighted by atomic mass is 16.4. The summed E-state index contributed by atoms with van der Waals surface area (Å²) in [4.78, 5) is 22.3. The zero-order valence-electron chi connectivity index (χ0n) is 15.1. The van der Waals surface area contributed by atoms with Gasteiger partial charge >= 0.3 is 5.97 Å². The quantitative estimate of drug-likeness (QED) is 0.285. The number of hydrogen-bond donors (Lipinski definition) is 3. The molecule has 0 aromatic heterocycles. The molecule has 1 rings (SSSR count). The summed E-state index contributed by atoms with van der Waals surface area (Å²) >= 11 is 0. The lowest BCUT2D eigenvalue weighted by atomic mass is 9.89. The molecule has 0 heterocycles. The second-order valence-corrected chi connectivity index (χ2v) is 6.89. The number of carbonyl (C=O) groups is 2. The second kappa shape index (κ2) is 12.0. The first-order chi connectivity index (χ1) is 12.0. The van der Waals surface area contributed by atoms with Crippen LogP contribution in [0.4, 0.5) is 0 Å². The molecule has 0 aliphatic heterocycles. The molecule has 0 aromatic rings. The number of carboxylic acid groups (broad SMARTS) is 1. The molecule has 0 radical (unpaired) electrons. The lowest BCUT2D eigenvalue weighted by Gasteiger charge is -2.19. The minimum Gasteiger partial charge on any atom is -0.481 e. The zero-order chi connectivity index (χ0) is 18.7. The molecule has 0 aromatic carbocycles. The van der Waals surface area contributed by atoms with Crippen molar-refractivity contribution in [3.05, 3.63) is 24.3 Å². The topological polar surface area (TPSA) is 94.8 Å². The van der Waals surface area contributed by atoms with Crippen molar-refractivity contribution in [3.8, 4) is 0 Å². The second-order valence-electron chi connectivity index (χ2n) is 6.89. The van der Waals surface area contributed by atoms with Gasteiger partial charge in [-0.1, -0.05) is 38.0 Å². The van der Waals surface area contributed by atoms with Crippen LogP contribution in [0.3, 0.4) is 0 Å². The number of aliphatic carboxylic acids is 1. The van der Waals surface area contributed by atoms with Crippen molar-refractivity contribution in [1.29, 1.82) is 0 Å². The van der Waals surface area contributed by atoms with Crippen molar-refractivity contribution < 1.29 is 24.9 Å². The molecule has 1 fully saturated rings. The molecule has 3 N–H and O–H groups in total. The van der Waals surface area contributed by atoms with Crippen LogP contribution in [0.1, 0.15) is 64.7 Å². The number of aliphatic hydroxyl groups is 2. The van der Waals surface area contributed by atoms with Gasteiger partial charge in [-0.05, 0) is 37.7 Å². The van der Waals surface area contributed by atoms with Gasteiger partial charge in [0.15, 0.2) is 5.78 Å². The summed E-state index contributed by atoms with van der Waals surface area (Å²) in [6.45, 7) is 2.09. The number of carboxylic acids is 1. The number of hydrogen-bond acceptors (Lipinski definition) is 4. The van der Waals surface area contributed by atoms with Gasteiger partial charge in [-0.15, -0.1) is 0 Å². The third-order valence-corrected chi connectivity index (χ3v) is 4.78. The van der Waals surface area contributed by atoms with Crippen LogP contribution >= 0.6 is 0 Å². The minimum absolute atomic E-state index is 0.0741. The van der Waals surface area contributed by atoms with E-state index in [4.69, 9.17) is 5.11 Å². The summed E-state index contributed by atoms with van der Waals surface area (Å²) in [6.07, 6.45) is 11.9. The van der Waals surface area contributed by atoms with Crippen LogP contribution in [-0.2, 0) is 9.59 Å². The summed E-state index contributed by atoms with van der Waals surface area (Å²) in [5, 5.41) is 28.9. The zero-order valence-corrected chi connectivity index (χ0v) is 15.1. The summed E-state index contributed by atoms with van der Waals surface area (Å²) < 4.78 is 0. The van der Waals surface area contributed by atoms with Crippen molar-refractivity contribution in [2.24, 2.45) is 11.8 Å². The van der Waals surface area contributed by atoms with Gasteiger partial charge in [-0.25, -0.2) is 0 Å². The van der Waals surface area contributed by atoms with E-state index in [0.29, 0.717) is 32.1 Å². The van der Waals surface area contributed by atoms with Crippen LogP contribution in [0.15, 0.2) is 24.3 Å². The van der Waals surface area contributed by atoms with E-state index < -0.39 is 18.2 Å². The van der Waals surface area contributed by atoms with Gasteiger partial charge in [0.25, 0.3) is 0 Å². The fraction of sp³-hybridized carbons (Fsp3) is 0.700. The fourth-order valence-corrected chi connectivity index (χ4v) is 3.30. The number of rotatable bonds is 12. The fourth-order valence-electron chi connectivity index (χ4n) is 3.30. The number of ketones is 1. The number of aliphatic hydroxyl groups excluding tert-OH is 2. The van der Waals surface area contributed by atoms with E-state index in [1.807, 2.05) is 12.2 Å². The highest BCUT2D eigenvalue weighted by molar-refractivity contribution is 5.89. The summed E-state index contributed by atoms with van der Waals surface area (Å²) in [5.74, 6) is -1.04. The number of allylic oxidation sites excluding steroid dienone is 3. The largest absolute Gasteiger partial charge is 0.481 e. The third kappa shape index (κ3) is 8.45. The van der Waals surface area contributed by atoms with E-state index in [1.165, 1.54) is 0 Å². The molecular weight excluding hydrogens is 320 g/mol. The lowest BCUT2D eigenvalue weighted by molar-refractivity contribution is -0.137. The molecule has 0 bridgehead atoms. The first-order valence-corrected chi connectivity index (χ1v) is 9.39. The molecule has 0 unspecified atom stereocenters. The van der Waals surface area contributed by atoms with E-state index in [9.17, 15) is 19.8 Å². The molecule has 0 amide bonds. The molecule has 0 spiro atoms. The van der Waals surface area contributed by atoms with E-state index >= 15 is 0 Å². The van der Waals surface area contributed by atoms with Crippen LogP contribution in [0.25, 0.3) is 0 Å². The Hall–Kier alpha value is -1.46. The van der Waals surface area contributed by atoms with Crippen molar-refractivity contribution in [1.82, 2.24) is 0 Å². The van der Waals surface area contributed by atoms with Gasteiger partial charge in [-0.3, -0.25) is 9.59 Å². The normalized spacial score (nSPS) is 26.7. The number of unbranched alkanes of at least 4 members (excludes halogenated alkanes) is 3. The Balaban J connectivity index is 2.48. The average Bonchev–Trinajstić information content (AvgIpc) is 2.82. The van der Waals surface area contributed by atoms with E-state index in [-0.39, 0.29) is 24.0 Å². The van der Waals surface area contributed by atoms with Crippen molar-refractivity contribution in [2.75, 3.05) is 0 Å². The highest BCUT2D eigenvalue weighted by Crippen LogP contribution is 2.36. The van der Waals surface area contributed by atoms with Crippen LogP contribution in [0, 0.1) is 11.8 Å². The highest BCUT2D eigenvalue weighted by Gasteiger charge is 2.39. The Bertz CT molecular complexity index is 469. The standard InChI is InChI=1S/C20H32O5/c1-2-3-6-9-15(21)12-13-17-16(18(22)14-19(17)23)10-7-4-5-8-11-20(24)25/h4,7,12-13,16-19,22-23H,2-3,5-6,8-11,14H2,1H3,(H,24,25)/b7-4-,13-12+/t16-,17+,18+,19+/m0/s1. The average molecular weight is 352 g/mol. The molecular formula is C20H32O5. The number of carbonyl (C=O) groups excluding carboxylic acids is 1. The molecule has 1 aliphatic rings. The smallest absolute Gasteiger partial charge is 0.303 e. The van der Waals surface area contributed by atoms with Crippen molar-refractivity contribution in [2.45, 2.75) is 76.9 Å². The maximum Gasteiger partial charge on any atom is 0.303 e.